The van der Waals surface area contributed by atoms with Gasteiger partial charge < -0.3 is 4.42 Å². The van der Waals surface area contributed by atoms with Crippen molar-refractivity contribution < 1.29 is 8.98 Å². The minimum Gasteiger partial charge on any atom is -0.456 e. The molecular formula is C21H17N2O+. The molecule has 0 aliphatic carbocycles. The van der Waals surface area contributed by atoms with Crippen LogP contribution in [0, 0.1) is 25.2 Å². The van der Waals surface area contributed by atoms with Gasteiger partial charge in [-0.3, -0.25) is 0 Å². The summed E-state index contributed by atoms with van der Waals surface area (Å²) in [6.45, 7) is 4.20. The van der Waals surface area contributed by atoms with Crippen molar-refractivity contribution in [2.75, 3.05) is 0 Å². The molecule has 0 amide bonds. The van der Waals surface area contributed by atoms with Crippen LogP contribution in [0.25, 0.3) is 33.2 Å². The maximum Gasteiger partial charge on any atom is 0.212 e. The van der Waals surface area contributed by atoms with Gasteiger partial charge in [0.15, 0.2) is 6.20 Å². The molecule has 0 aliphatic rings. The van der Waals surface area contributed by atoms with Gasteiger partial charge in [-0.1, -0.05) is 0 Å². The molecule has 3 nitrogen and oxygen atoms in total. The number of aryl methyl sites for hydroxylation is 3. The largest absolute Gasteiger partial charge is 0.456 e. The third-order valence-corrected chi connectivity index (χ3v) is 4.50. The monoisotopic (exact) mass is 313 g/mol. The Morgan fingerprint density at radius 3 is 2.50 bits per heavy atom. The quantitative estimate of drug-likeness (QED) is 0.483. The molecule has 0 bridgehead atoms. The van der Waals surface area contributed by atoms with Crippen LogP contribution >= 0.6 is 0 Å². The number of pyridine rings is 1. The number of hydrogen-bond acceptors (Lipinski definition) is 2. The van der Waals surface area contributed by atoms with Gasteiger partial charge >= 0.3 is 0 Å². The van der Waals surface area contributed by atoms with Crippen molar-refractivity contribution >= 4 is 21.9 Å². The molecule has 4 rings (SSSR count). The van der Waals surface area contributed by atoms with E-state index >= 15 is 0 Å². The normalized spacial score (nSPS) is 11.1. The number of aromatic nitrogens is 1. The Bertz CT molecular complexity index is 1150. The zero-order valence-electron chi connectivity index (χ0n) is 13.9. The van der Waals surface area contributed by atoms with Crippen LogP contribution in [0.2, 0.25) is 0 Å². The van der Waals surface area contributed by atoms with E-state index in [-0.39, 0.29) is 0 Å². The molecule has 0 atom stereocenters. The lowest BCUT2D eigenvalue weighted by molar-refractivity contribution is -0.660. The first-order valence-corrected chi connectivity index (χ1v) is 7.90. The highest BCUT2D eigenvalue weighted by Gasteiger charge is 2.16. The Kier molecular flexibility index (Phi) is 3.14. The number of nitriles is 1. The molecule has 0 aliphatic heterocycles. The predicted octanol–water partition coefficient (Wildman–Crippen LogP) is 4.57. The Labute approximate surface area is 140 Å². The summed E-state index contributed by atoms with van der Waals surface area (Å²) < 4.78 is 8.15. The van der Waals surface area contributed by atoms with Gasteiger partial charge in [0, 0.05) is 22.4 Å². The first kappa shape index (κ1) is 14.5. The Balaban J connectivity index is 2.01. The summed E-state index contributed by atoms with van der Waals surface area (Å²) in [7, 11) is 2.06. The molecule has 0 N–H and O–H groups in total. The van der Waals surface area contributed by atoms with Crippen LogP contribution in [0.4, 0.5) is 0 Å². The fourth-order valence-electron chi connectivity index (χ4n) is 3.30. The van der Waals surface area contributed by atoms with Crippen LogP contribution in [-0.4, -0.2) is 0 Å². The van der Waals surface area contributed by atoms with E-state index < -0.39 is 0 Å². The molecule has 0 radical (unpaired) electrons. The lowest BCUT2D eigenvalue weighted by Crippen LogP contribution is -2.31. The average molecular weight is 313 g/mol. The molecule has 0 unspecified atom stereocenters. The zero-order valence-corrected chi connectivity index (χ0v) is 13.9. The van der Waals surface area contributed by atoms with Crippen LogP contribution in [0.1, 0.15) is 16.7 Å². The minimum atomic E-state index is 0.650. The summed E-state index contributed by atoms with van der Waals surface area (Å²) in [5.74, 6) is 0. The van der Waals surface area contributed by atoms with E-state index in [4.69, 9.17) is 9.68 Å². The molecule has 2 heterocycles. The molecule has 2 aromatic heterocycles. The fourth-order valence-corrected chi connectivity index (χ4v) is 3.30. The summed E-state index contributed by atoms with van der Waals surface area (Å²) in [6.07, 6.45) is 2.12. The fraction of sp³-hybridized carbons (Fsp3) is 0.143. The van der Waals surface area contributed by atoms with Crippen LogP contribution in [0.3, 0.4) is 0 Å². The highest BCUT2D eigenvalue weighted by atomic mass is 16.3. The van der Waals surface area contributed by atoms with E-state index in [2.05, 4.69) is 62.0 Å². The van der Waals surface area contributed by atoms with Gasteiger partial charge in [-0.15, -0.1) is 0 Å². The highest BCUT2D eigenvalue weighted by Crippen LogP contribution is 2.34. The second-order valence-electron chi connectivity index (χ2n) is 6.29. The van der Waals surface area contributed by atoms with Crippen molar-refractivity contribution in [3.8, 4) is 17.3 Å². The SMILES string of the molecule is Cc1ccc(-c2cc3oc4ccc(C#N)cc4c3cc2C)[n+](C)c1. The topological polar surface area (TPSA) is 40.8 Å². The van der Waals surface area contributed by atoms with E-state index in [0.29, 0.717) is 5.56 Å². The van der Waals surface area contributed by atoms with Crippen molar-refractivity contribution in [2.45, 2.75) is 13.8 Å². The number of furan rings is 1. The van der Waals surface area contributed by atoms with Gasteiger partial charge in [-0.05, 0) is 55.8 Å². The third-order valence-electron chi connectivity index (χ3n) is 4.50. The summed E-state index contributed by atoms with van der Waals surface area (Å²) in [6, 6.07) is 16.3. The molecular weight excluding hydrogens is 296 g/mol. The van der Waals surface area contributed by atoms with Crippen LogP contribution < -0.4 is 4.57 Å². The number of nitrogens with zero attached hydrogens (tertiary/aromatic N) is 2. The van der Waals surface area contributed by atoms with Crippen LogP contribution in [-0.2, 0) is 7.05 Å². The number of rotatable bonds is 1. The Morgan fingerprint density at radius 1 is 0.958 bits per heavy atom. The number of fused-ring (bicyclic) bond motifs is 3. The van der Waals surface area contributed by atoms with Crippen molar-refractivity contribution in [1.29, 1.82) is 5.26 Å². The van der Waals surface area contributed by atoms with E-state index in [1.165, 1.54) is 11.1 Å². The summed E-state index contributed by atoms with van der Waals surface area (Å²) in [4.78, 5) is 0. The molecule has 24 heavy (non-hydrogen) atoms. The predicted molar refractivity (Wildman–Crippen MR) is 94.5 cm³/mol. The smallest absolute Gasteiger partial charge is 0.212 e. The zero-order chi connectivity index (χ0) is 16.8. The van der Waals surface area contributed by atoms with E-state index in [0.717, 1.165) is 33.2 Å². The molecule has 116 valence electrons. The second kappa shape index (κ2) is 5.21. The van der Waals surface area contributed by atoms with Gasteiger partial charge in [-0.2, -0.15) is 5.26 Å². The van der Waals surface area contributed by atoms with Crippen molar-refractivity contribution in [3.05, 3.63) is 65.4 Å². The summed E-state index contributed by atoms with van der Waals surface area (Å²) >= 11 is 0. The van der Waals surface area contributed by atoms with Crippen LogP contribution in [0.15, 0.2) is 53.1 Å². The van der Waals surface area contributed by atoms with E-state index in [1.807, 2.05) is 12.1 Å². The van der Waals surface area contributed by atoms with E-state index in [9.17, 15) is 0 Å². The Morgan fingerprint density at radius 2 is 1.75 bits per heavy atom. The molecule has 4 aromatic rings. The maximum atomic E-state index is 9.12. The molecule has 3 heteroatoms. The third kappa shape index (κ3) is 2.16. The molecule has 2 aromatic carbocycles. The standard InChI is InChI=1S/C21H17N2O/c1-13-4-6-19(23(3)12-13)16-10-21-17(8-14(16)2)18-9-15(11-22)5-7-20(18)24-21/h4-10,12H,1-3H3/q+1. The molecule has 0 fully saturated rings. The lowest BCUT2D eigenvalue weighted by atomic mass is 10.0. The van der Waals surface area contributed by atoms with Crippen molar-refractivity contribution in [2.24, 2.45) is 7.05 Å². The van der Waals surface area contributed by atoms with E-state index in [1.54, 1.807) is 6.07 Å². The van der Waals surface area contributed by atoms with Gasteiger partial charge in [0.25, 0.3) is 0 Å². The molecule has 0 spiro atoms. The van der Waals surface area contributed by atoms with Gasteiger partial charge in [0.2, 0.25) is 5.69 Å². The summed E-state index contributed by atoms with van der Waals surface area (Å²) in [5, 5.41) is 11.2. The van der Waals surface area contributed by atoms with Crippen molar-refractivity contribution in [3.63, 3.8) is 0 Å². The maximum absolute atomic E-state index is 9.12. The van der Waals surface area contributed by atoms with Crippen molar-refractivity contribution in [1.82, 2.24) is 0 Å². The Hall–Kier alpha value is -3.12. The first-order valence-electron chi connectivity index (χ1n) is 7.90. The first-order chi connectivity index (χ1) is 11.6. The minimum absolute atomic E-state index is 0.650. The number of benzene rings is 2. The second-order valence-corrected chi connectivity index (χ2v) is 6.29. The van der Waals surface area contributed by atoms with Gasteiger partial charge in [0.1, 0.15) is 18.2 Å². The lowest BCUT2D eigenvalue weighted by Gasteiger charge is -2.05. The highest BCUT2D eigenvalue weighted by molar-refractivity contribution is 6.06. The van der Waals surface area contributed by atoms with Crippen LogP contribution in [0.5, 0.6) is 0 Å². The average Bonchev–Trinajstić information content (AvgIpc) is 2.91. The van der Waals surface area contributed by atoms with Gasteiger partial charge in [0.05, 0.1) is 17.2 Å². The van der Waals surface area contributed by atoms with Gasteiger partial charge in [-0.25, -0.2) is 4.57 Å². The molecule has 0 saturated carbocycles. The number of hydrogen-bond donors (Lipinski definition) is 0. The molecule has 0 saturated heterocycles. The summed E-state index contributed by atoms with van der Waals surface area (Å²) in [5.41, 5.74) is 7.04.